The first-order chi connectivity index (χ1) is 18.0. The molecule has 0 saturated carbocycles. The first-order valence-electron chi connectivity index (χ1n) is 12.0. The van der Waals surface area contributed by atoms with Crippen molar-refractivity contribution in [2.45, 2.75) is 13.5 Å². The van der Waals surface area contributed by atoms with Gasteiger partial charge < -0.3 is 20.2 Å². The molecule has 0 aliphatic carbocycles. The topological polar surface area (TPSA) is 103 Å². The summed E-state index contributed by atoms with van der Waals surface area (Å²) in [5, 5.41) is 4.91. The molecule has 2 aromatic carbocycles. The van der Waals surface area contributed by atoms with Crippen LogP contribution in [0.2, 0.25) is 0 Å². The molecule has 8 heteroatoms. The van der Waals surface area contributed by atoms with Gasteiger partial charge in [-0.05, 0) is 48.0 Å². The van der Waals surface area contributed by atoms with Crippen LogP contribution in [0.1, 0.15) is 12.5 Å². The summed E-state index contributed by atoms with van der Waals surface area (Å²) in [5.41, 5.74) is 7.89. The number of para-hydroxylation sites is 1. The van der Waals surface area contributed by atoms with Gasteiger partial charge in [0.15, 0.2) is 5.82 Å². The van der Waals surface area contributed by atoms with Gasteiger partial charge in [-0.15, -0.1) is 0 Å². The fourth-order valence-electron chi connectivity index (χ4n) is 4.48. The monoisotopic (exact) mass is 487 g/mol. The van der Waals surface area contributed by atoms with Crippen LogP contribution in [-0.2, 0) is 11.3 Å². The van der Waals surface area contributed by atoms with Crippen LogP contribution < -0.4 is 10.2 Å². The average molecular weight is 488 g/mol. The summed E-state index contributed by atoms with van der Waals surface area (Å²) in [6.45, 7) is 2.19. The molecule has 1 amide bonds. The number of carbonyl (C=O) groups excluding carboxylic acids is 1. The van der Waals surface area contributed by atoms with Gasteiger partial charge in [0.1, 0.15) is 5.69 Å². The lowest BCUT2D eigenvalue weighted by Crippen LogP contribution is -2.16. The summed E-state index contributed by atoms with van der Waals surface area (Å²) in [4.78, 5) is 33.6. The molecule has 4 heterocycles. The number of anilines is 2. The quantitative estimate of drug-likeness (QED) is 0.277. The van der Waals surface area contributed by atoms with Crippen LogP contribution in [0.3, 0.4) is 0 Å². The third kappa shape index (κ3) is 4.64. The Morgan fingerprint density at radius 3 is 2.30 bits per heavy atom. The maximum absolute atomic E-state index is 11.2. The van der Waals surface area contributed by atoms with Gasteiger partial charge in [0.05, 0.1) is 41.4 Å². The molecule has 0 aliphatic heterocycles. The fraction of sp³-hybridized carbons (Fsp3) is 0.103. The van der Waals surface area contributed by atoms with E-state index in [0.717, 1.165) is 45.7 Å². The molecule has 0 unspecified atom stereocenters. The molecule has 0 aliphatic rings. The largest absolute Gasteiger partial charge is 0.369 e. The Hall–Kier alpha value is -4.98. The summed E-state index contributed by atoms with van der Waals surface area (Å²) in [7, 11) is 2.07. The number of nitrogens with zero attached hydrogens (tertiary/aromatic N) is 4. The minimum atomic E-state index is -0.175. The zero-order valence-electron chi connectivity index (χ0n) is 20.5. The first kappa shape index (κ1) is 22.5. The predicted octanol–water partition coefficient (Wildman–Crippen LogP) is 5.76. The highest BCUT2D eigenvalue weighted by Gasteiger charge is 2.10. The third-order valence-corrected chi connectivity index (χ3v) is 6.33. The minimum Gasteiger partial charge on any atom is -0.369 e. The number of fused-ring (bicyclic) bond motifs is 2. The predicted molar refractivity (Wildman–Crippen MR) is 147 cm³/mol. The van der Waals surface area contributed by atoms with Crippen LogP contribution in [-0.4, -0.2) is 37.9 Å². The zero-order chi connectivity index (χ0) is 25.4. The van der Waals surface area contributed by atoms with Crippen molar-refractivity contribution in [1.29, 1.82) is 0 Å². The molecule has 8 nitrogen and oxygen atoms in total. The van der Waals surface area contributed by atoms with Crippen LogP contribution in [0.25, 0.3) is 44.6 Å². The molecule has 0 atom stereocenters. The summed E-state index contributed by atoms with van der Waals surface area (Å²) < 4.78 is 0. The van der Waals surface area contributed by atoms with Gasteiger partial charge in [-0.2, -0.15) is 0 Å². The Balaban J connectivity index is 1.17. The highest BCUT2D eigenvalue weighted by Crippen LogP contribution is 2.26. The maximum atomic E-state index is 11.2. The molecule has 6 rings (SSSR count). The van der Waals surface area contributed by atoms with Gasteiger partial charge in [-0.3, -0.25) is 9.78 Å². The summed E-state index contributed by atoms with van der Waals surface area (Å²) in [6, 6.07) is 23.0. The van der Waals surface area contributed by atoms with Crippen molar-refractivity contribution in [2.24, 2.45) is 0 Å². The number of amides is 1. The number of hydrogen-bond acceptors (Lipinski definition) is 5. The van der Waals surface area contributed by atoms with E-state index in [1.807, 2.05) is 18.3 Å². The number of benzene rings is 2. The second kappa shape index (κ2) is 9.23. The molecule has 4 aromatic heterocycles. The van der Waals surface area contributed by atoms with E-state index < -0.39 is 0 Å². The SMILES string of the molecule is CC(=O)Nc1cnc(-c2cc3cc(CN(C)c4ccc(-c5cc6ccccc6[nH]5)nc4)ccc3[nH]2)cn1. The van der Waals surface area contributed by atoms with Gasteiger partial charge in [0.2, 0.25) is 5.91 Å². The lowest BCUT2D eigenvalue weighted by Gasteiger charge is -2.19. The molecule has 0 spiro atoms. The summed E-state index contributed by atoms with van der Waals surface area (Å²) in [6.07, 6.45) is 5.12. The molecule has 182 valence electrons. The summed E-state index contributed by atoms with van der Waals surface area (Å²) >= 11 is 0. The van der Waals surface area contributed by atoms with Crippen molar-refractivity contribution >= 4 is 39.2 Å². The number of rotatable bonds is 6. The molecule has 0 bridgehead atoms. The van der Waals surface area contributed by atoms with Gasteiger partial charge in [0.25, 0.3) is 0 Å². The number of hydrogen-bond donors (Lipinski definition) is 3. The Kier molecular flexibility index (Phi) is 5.61. The molecule has 37 heavy (non-hydrogen) atoms. The van der Waals surface area contributed by atoms with Gasteiger partial charge in [-0.25, -0.2) is 9.97 Å². The van der Waals surface area contributed by atoms with Crippen molar-refractivity contribution in [3.05, 3.63) is 90.9 Å². The van der Waals surface area contributed by atoms with E-state index in [1.165, 1.54) is 17.9 Å². The highest BCUT2D eigenvalue weighted by atomic mass is 16.1. The van der Waals surface area contributed by atoms with E-state index in [2.05, 4.69) is 91.8 Å². The first-order valence-corrected chi connectivity index (χ1v) is 12.0. The van der Waals surface area contributed by atoms with E-state index in [1.54, 1.807) is 12.4 Å². The van der Waals surface area contributed by atoms with E-state index in [0.29, 0.717) is 11.5 Å². The fourth-order valence-corrected chi connectivity index (χ4v) is 4.48. The number of carbonyl (C=O) groups is 1. The Bertz CT molecular complexity index is 1680. The number of pyridine rings is 1. The van der Waals surface area contributed by atoms with Crippen LogP contribution in [0.5, 0.6) is 0 Å². The maximum Gasteiger partial charge on any atom is 0.222 e. The number of nitrogens with one attached hydrogen (secondary N) is 3. The molecule has 0 fully saturated rings. The summed E-state index contributed by atoms with van der Waals surface area (Å²) in [5.74, 6) is 0.257. The van der Waals surface area contributed by atoms with Crippen molar-refractivity contribution < 1.29 is 4.79 Å². The Morgan fingerprint density at radius 1 is 0.811 bits per heavy atom. The zero-order valence-corrected chi connectivity index (χ0v) is 20.5. The van der Waals surface area contributed by atoms with E-state index in [9.17, 15) is 4.79 Å². The molecular formula is C29H25N7O. The molecule has 6 aromatic rings. The molecule has 0 saturated heterocycles. The van der Waals surface area contributed by atoms with Crippen LogP contribution in [0.15, 0.2) is 85.3 Å². The number of H-pyrrole nitrogens is 2. The van der Waals surface area contributed by atoms with Crippen molar-refractivity contribution in [3.8, 4) is 22.8 Å². The molecule has 0 radical (unpaired) electrons. The standard InChI is InChI=1S/C29H25N7O/c1-18(37)33-29-16-31-28(15-32-29)27-13-21-11-19(7-9-24(21)35-27)17-36(2)22-8-10-25(30-14-22)26-12-20-5-3-4-6-23(20)34-26/h3-16,34-35H,17H2,1-2H3,(H,32,33,37). The number of aromatic nitrogens is 5. The average Bonchev–Trinajstić information content (AvgIpc) is 3.53. The van der Waals surface area contributed by atoms with Crippen molar-refractivity contribution in [2.75, 3.05) is 17.3 Å². The Labute approximate surface area is 213 Å². The second-order valence-corrected chi connectivity index (χ2v) is 9.10. The van der Waals surface area contributed by atoms with E-state index >= 15 is 0 Å². The lowest BCUT2D eigenvalue weighted by molar-refractivity contribution is -0.114. The smallest absolute Gasteiger partial charge is 0.222 e. The number of aromatic amines is 2. The molecule has 3 N–H and O–H groups in total. The van der Waals surface area contributed by atoms with Crippen LogP contribution in [0.4, 0.5) is 11.5 Å². The van der Waals surface area contributed by atoms with E-state index in [4.69, 9.17) is 4.98 Å². The Morgan fingerprint density at radius 2 is 1.57 bits per heavy atom. The highest BCUT2D eigenvalue weighted by molar-refractivity contribution is 5.88. The third-order valence-electron chi connectivity index (χ3n) is 6.33. The normalized spacial score (nSPS) is 11.2. The van der Waals surface area contributed by atoms with Crippen molar-refractivity contribution in [3.63, 3.8) is 0 Å². The van der Waals surface area contributed by atoms with E-state index in [-0.39, 0.29) is 5.91 Å². The lowest BCUT2D eigenvalue weighted by atomic mass is 10.1. The molecular weight excluding hydrogens is 462 g/mol. The van der Waals surface area contributed by atoms with Crippen LogP contribution in [0, 0.1) is 0 Å². The minimum absolute atomic E-state index is 0.175. The van der Waals surface area contributed by atoms with Crippen LogP contribution >= 0.6 is 0 Å². The van der Waals surface area contributed by atoms with Gasteiger partial charge >= 0.3 is 0 Å². The van der Waals surface area contributed by atoms with Crippen molar-refractivity contribution in [1.82, 2.24) is 24.9 Å². The van der Waals surface area contributed by atoms with Gasteiger partial charge in [0, 0.05) is 42.3 Å². The van der Waals surface area contributed by atoms with Gasteiger partial charge in [-0.1, -0.05) is 24.3 Å². The second-order valence-electron chi connectivity index (χ2n) is 9.10.